The maximum absolute atomic E-state index is 10.9. The van der Waals surface area contributed by atoms with E-state index in [0.717, 1.165) is 0 Å². The van der Waals surface area contributed by atoms with E-state index in [1.807, 2.05) is 0 Å². The molecule has 0 aliphatic rings. The number of hydrogen-bond donors (Lipinski definition) is 0. The summed E-state index contributed by atoms with van der Waals surface area (Å²) >= 11 is 0. The second kappa shape index (κ2) is 6.01. The zero-order chi connectivity index (χ0) is 11.1. The molecule has 5 nitrogen and oxygen atoms in total. The van der Waals surface area contributed by atoms with Crippen molar-refractivity contribution in [1.82, 2.24) is 0 Å². The molecule has 0 aromatic rings. The van der Waals surface area contributed by atoms with Crippen LogP contribution in [0, 0.1) is 0 Å². The Hall–Kier alpha value is -1.52. The summed E-state index contributed by atoms with van der Waals surface area (Å²) in [6.07, 6.45) is -0.225. The van der Waals surface area contributed by atoms with Gasteiger partial charge < -0.3 is 14.2 Å². The van der Waals surface area contributed by atoms with Gasteiger partial charge in [-0.05, 0) is 19.9 Å². The maximum atomic E-state index is 10.9. The molecule has 5 heteroatoms. The highest BCUT2D eigenvalue weighted by Gasteiger charge is 2.12. The minimum Gasteiger partial charge on any atom is -0.426 e. The quantitative estimate of drug-likeness (QED) is 0.397. The number of carbonyl (C=O) groups is 2. The van der Waals surface area contributed by atoms with Crippen LogP contribution in [0.25, 0.3) is 0 Å². The molecule has 0 N–H and O–H groups in total. The highest BCUT2D eigenvalue weighted by molar-refractivity contribution is 5.66. The van der Waals surface area contributed by atoms with Gasteiger partial charge in [-0.1, -0.05) is 0 Å². The summed E-state index contributed by atoms with van der Waals surface area (Å²) in [6, 6.07) is 0. The third-order valence-corrected chi connectivity index (χ3v) is 1.24. The van der Waals surface area contributed by atoms with Crippen LogP contribution < -0.4 is 0 Å². The number of allylic oxidation sites excluding steroid dienone is 2. The third kappa shape index (κ3) is 6.05. The van der Waals surface area contributed by atoms with Crippen molar-refractivity contribution in [1.29, 1.82) is 0 Å². The Balaban J connectivity index is 3.88. The molecule has 0 fully saturated rings. The SMILES string of the molecule is C/C=C(/C)OC(=O)O[C@H](C)OC(C)=O. The lowest BCUT2D eigenvalue weighted by molar-refractivity contribution is -0.164. The number of ether oxygens (including phenoxy) is 3. The Morgan fingerprint density at radius 1 is 1.21 bits per heavy atom. The second-order valence-electron chi connectivity index (χ2n) is 2.55. The first-order valence-corrected chi connectivity index (χ1v) is 4.14. The molecule has 0 amide bonds. The van der Waals surface area contributed by atoms with Gasteiger partial charge in [-0.2, -0.15) is 0 Å². The summed E-state index contributed by atoms with van der Waals surface area (Å²) in [7, 11) is 0. The molecule has 0 bridgehead atoms. The summed E-state index contributed by atoms with van der Waals surface area (Å²) in [5.74, 6) is -0.0990. The van der Waals surface area contributed by atoms with Crippen LogP contribution in [0.2, 0.25) is 0 Å². The highest BCUT2D eigenvalue weighted by Crippen LogP contribution is 2.01. The van der Waals surface area contributed by atoms with Crippen molar-refractivity contribution in [3.05, 3.63) is 11.8 Å². The summed E-state index contributed by atoms with van der Waals surface area (Å²) in [5, 5.41) is 0. The molecule has 0 saturated heterocycles. The number of rotatable bonds is 3. The van der Waals surface area contributed by atoms with Crippen LogP contribution in [-0.2, 0) is 19.0 Å². The van der Waals surface area contributed by atoms with Gasteiger partial charge in [0.1, 0.15) is 5.76 Å². The predicted octanol–water partition coefficient (Wildman–Crippen LogP) is 1.97. The fraction of sp³-hybridized carbons (Fsp3) is 0.556. The van der Waals surface area contributed by atoms with E-state index in [-0.39, 0.29) is 0 Å². The van der Waals surface area contributed by atoms with Crippen LogP contribution in [0.1, 0.15) is 27.7 Å². The van der Waals surface area contributed by atoms with Crippen LogP contribution in [-0.4, -0.2) is 18.4 Å². The van der Waals surface area contributed by atoms with E-state index in [9.17, 15) is 9.59 Å². The van der Waals surface area contributed by atoms with Gasteiger partial charge in [0, 0.05) is 13.8 Å². The van der Waals surface area contributed by atoms with E-state index in [2.05, 4.69) is 14.2 Å². The lowest BCUT2D eigenvalue weighted by Crippen LogP contribution is -2.20. The first kappa shape index (κ1) is 12.5. The Kier molecular flexibility index (Phi) is 5.36. The van der Waals surface area contributed by atoms with Crippen LogP contribution in [0.15, 0.2) is 11.8 Å². The summed E-state index contributed by atoms with van der Waals surface area (Å²) in [5.41, 5.74) is 0. The maximum Gasteiger partial charge on any atom is 0.516 e. The third-order valence-electron chi connectivity index (χ3n) is 1.24. The topological polar surface area (TPSA) is 61.8 Å². The molecule has 0 rings (SSSR count). The van der Waals surface area contributed by atoms with Crippen molar-refractivity contribution in [3.8, 4) is 0 Å². The van der Waals surface area contributed by atoms with E-state index >= 15 is 0 Å². The average Bonchev–Trinajstić information content (AvgIpc) is 2.01. The fourth-order valence-electron chi connectivity index (χ4n) is 0.608. The number of hydrogen-bond acceptors (Lipinski definition) is 5. The molecule has 0 aromatic heterocycles. The van der Waals surface area contributed by atoms with Gasteiger partial charge in [0.05, 0.1) is 0 Å². The van der Waals surface area contributed by atoms with E-state index in [1.54, 1.807) is 19.9 Å². The Morgan fingerprint density at radius 3 is 2.21 bits per heavy atom. The van der Waals surface area contributed by atoms with E-state index in [1.165, 1.54) is 13.8 Å². The summed E-state index contributed by atoms with van der Waals surface area (Å²) in [4.78, 5) is 21.4. The molecule has 80 valence electrons. The highest BCUT2D eigenvalue weighted by atomic mass is 16.8. The molecule has 0 aliphatic heterocycles. The smallest absolute Gasteiger partial charge is 0.426 e. The Bertz CT molecular complexity index is 244. The minimum atomic E-state index is -0.940. The van der Waals surface area contributed by atoms with Crippen LogP contribution in [0.4, 0.5) is 4.79 Å². The van der Waals surface area contributed by atoms with Gasteiger partial charge in [-0.25, -0.2) is 4.79 Å². The molecule has 0 spiro atoms. The van der Waals surface area contributed by atoms with Gasteiger partial charge in [0.2, 0.25) is 6.29 Å². The van der Waals surface area contributed by atoms with Crippen molar-refractivity contribution in [2.75, 3.05) is 0 Å². The summed E-state index contributed by atoms with van der Waals surface area (Å²) < 4.78 is 13.8. The first-order chi connectivity index (χ1) is 6.45. The monoisotopic (exact) mass is 202 g/mol. The normalized spacial score (nSPS) is 13.0. The molecule has 0 aromatic carbocycles. The molecule has 14 heavy (non-hydrogen) atoms. The minimum absolute atomic E-state index is 0.421. The Morgan fingerprint density at radius 2 is 1.79 bits per heavy atom. The largest absolute Gasteiger partial charge is 0.516 e. The average molecular weight is 202 g/mol. The van der Waals surface area contributed by atoms with Crippen molar-refractivity contribution in [2.24, 2.45) is 0 Å². The van der Waals surface area contributed by atoms with Crippen molar-refractivity contribution >= 4 is 12.1 Å². The molecule has 0 radical (unpaired) electrons. The lowest BCUT2D eigenvalue weighted by Gasteiger charge is -2.12. The summed E-state index contributed by atoms with van der Waals surface area (Å²) in [6.45, 7) is 5.98. The van der Waals surface area contributed by atoms with Crippen molar-refractivity contribution in [2.45, 2.75) is 34.0 Å². The van der Waals surface area contributed by atoms with E-state index < -0.39 is 18.4 Å². The fourth-order valence-corrected chi connectivity index (χ4v) is 0.608. The Labute approximate surface area is 82.6 Å². The van der Waals surface area contributed by atoms with Gasteiger partial charge in [-0.3, -0.25) is 4.79 Å². The van der Waals surface area contributed by atoms with Gasteiger partial charge in [-0.15, -0.1) is 0 Å². The van der Waals surface area contributed by atoms with Gasteiger partial charge in [0.25, 0.3) is 0 Å². The number of esters is 1. The molecular weight excluding hydrogens is 188 g/mol. The molecule has 0 heterocycles. The van der Waals surface area contributed by atoms with Gasteiger partial charge >= 0.3 is 12.1 Å². The molecule has 1 atom stereocenters. The van der Waals surface area contributed by atoms with Crippen LogP contribution in [0.3, 0.4) is 0 Å². The molecule has 0 saturated carbocycles. The molecule has 0 aliphatic carbocycles. The first-order valence-electron chi connectivity index (χ1n) is 4.14. The zero-order valence-corrected chi connectivity index (χ0v) is 8.70. The van der Waals surface area contributed by atoms with Crippen LogP contribution in [0.5, 0.6) is 0 Å². The number of carbonyl (C=O) groups excluding carboxylic acids is 2. The van der Waals surface area contributed by atoms with E-state index in [4.69, 9.17) is 0 Å². The standard InChI is InChI=1S/C9H14O5/c1-5-6(2)12-9(11)14-8(4)13-7(3)10/h5,8H,1-4H3/b6-5-/t8-/m1/s1. The molecular formula is C9H14O5. The predicted molar refractivity (Wildman–Crippen MR) is 48.2 cm³/mol. The van der Waals surface area contributed by atoms with Gasteiger partial charge in [0.15, 0.2) is 0 Å². The zero-order valence-electron chi connectivity index (χ0n) is 8.70. The van der Waals surface area contributed by atoms with Crippen LogP contribution >= 0.6 is 0 Å². The van der Waals surface area contributed by atoms with Crippen molar-refractivity contribution in [3.63, 3.8) is 0 Å². The lowest BCUT2D eigenvalue weighted by atomic mass is 10.5. The molecule has 0 unspecified atom stereocenters. The second-order valence-corrected chi connectivity index (χ2v) is 2.55. The van der Waals surface area contributed by atoms with Crippen molar-refractivity contribution < 1.29 is 23.8 Å². The van der Waals surface area contributed by atoms with E-state index in [0.29, 0.717) is 5.76 Å².